The Bertz CT molecular complexity index is 1130. The highest BCUT2D eigenvalue weighted by Gasteiger charge is 2.17. The normalized spacial score (nSPS) is 11.4. The summed E-state index contributed by atoms with van der Waals surface area (Å²) in [6.07, 6.45) is 0. The Morgan fingerprint density at radius 2 is 2.00 bits per heavy atom. The number of rotatable bonds is 6. The van der Waals surface area contributed by atoms with Crippen LogP contribution in [0.5, 0.6) is 0 Å². The molecule has 28 heavy (non-hydrogen) atoms. The van der Waals surface area contributed by atoms with Crippen molar-refractivity contribution < 1.29 is 17.6 Å². The summed E-state index contributed by atoms with van der Waals surface area (Å²) in [5.41, 5.74) is 0.447. The zero-order valence-electron chi connectivity index (χ0n) is 15.0. The molecule has 0 saturated heterocycles. The molecule has 146 valence electrons. The van der Waals surface area contributed by atoms with Gasteiger partial charge < -0.3 is 5.32 Å². The number of nitrogens with one attached hydrogen (secondary N) is 2. The van der Waals surface area contributed by atoms with Crippen LogP contribution in [0.3, 0.4) is 0 Å². The molecule has 0 radical (unpaired) electrons. The number of amides is 1. The minimum atomic E-state index is -3.72. The summed E-state index contributed by atoms with van der Waals surface area (Å²) < 4.78 is 42.1. The van der Waals surface area contributed by atoms with Crippen molar-refractivity contribution in [3.05, 3.63) is 59.7 Å². The molecule has 0 bridgehead atoms. The van der Waals surface area contributed by atoms with Crippen LogP contribution in [0.1, 0.15) is 23.1 Å². The maximum atomic E-state index is 14.2. The zero-order chi connectivity index (χ0) is 20.3. The molecule has 1 aromatic heterocycles. The van der Waals surface area contributed by atoms with E-state index in [4.69, 9.17) is 0 Å². The van der Waals surface area contributed by atoms with Gasteiger partial charge in [-0.1, -0.05) is 13.0 Å². The number of benzene rings is 2. The van der Waals surface area contributed by atoms with E-state index in [1.165, 1.54) is 47.1 Å². The third kappa shape index (κ3) is 4.05. The second-order valence-electron chi connectivity index (χ2n) is 5.79. The third-order valence-electron chi connectivity index (χ3n) is 3.81. The molecule has 0 unspecified atom stereocenters. The fraction of sp³-hybridized carbons (Fsp3) is 0.176. The Morgan fingerprint density at radius 1 is 1.21 bits per heavy atom. The van der Waals surface area contributed by atoms with Crippen LogP contribution < -0.4 is 10.0 Å². The van der Waals surface area contributed by atoms with Gasteiger partial charge in [0, 0.05) is 12.1 Å². The number of nitrogens with zero attached hydrogens (tertiary/aromatic N) is 4. The van der Waals surface area contributed by atoms with Crippen molar-refractivity contribution in [2.45, 2.75) is 18.7 Å². The standard InChI is InChI=1S/C17H17FN6O3S/c1-3-19-28(26,27)14-6-4-5-12(9-14)17(25)20-16-10-13(7-8-15(16)18)24-11(2)21-22-23-24/h4-10,19H,3H2,1-2H3,(H,20,25). The fourth-order valence-electron chi connectivity index (χ4n) is 2.48. The van der Waals surface area contributed by atoms with E-state index in [2.05, 4.69) is 25.6 Å². The van der Waals surface area contributed by atoms with Crippen molar-refractivity contribution in [3.63, 3.8) is 0 Å². The molecule has 0 atom stereocenters. The number of aryl methyl sites for hydroxylation is 1. The maximum Gasteiger partial charge on any atom is 0.255 e. The summed E-state index contributed by atoms with van der Waals surface area (Å²) >= 11 is 0. The first-order valence-electron chi connectivity index (χ1n) is 8.28. The highest BCUT2D eigenvalue weighted by Crippen LogP contribution is 2.20. The van der Waals surface area contributed by atoms with Crippen LogP contribution in [0.4, 0.5) is 10.1 Å². The van der Waals surface area contributed by atoms with Gasteiger partial charge in [0.25, 0.3) is 5.91 Å². The lowest BCUT2D eigenvalue weighted by Crippen LogP contribution is -2.23. The van der Waals surface area contributed by atoms with Crippen LogP contribution in [0, 0.1) is 12.7 Å². The number of aromatic nitrogens is 4. The van der Waals surface area contributed by atoms with Crippen LogP contribution >= 0.6 is 0 Å². The summed E-state index contributed by atoms with van der Waals surface area (Å²) in [5.74, 6) is -0.817. The predicted molar refractivity (Wildman–Crippen MR) is 99.1 cm³/mol. The lowest BCUT2D eigenvalue weighted by Gasteiger charge is -2.10. The monoisotopic (exact) mass is 404 g/mol. The van der Waals surface area contributed by atoms with E-state index in [-0.39, 0.29) is 22.7 Å². The molecule has 0 saturated carbocycles. The van der Waals surface area contributed by atoms with E-state index < -0.39 is 21.7 Å². The van der Waals surface area contributed by atoms with Gasteiger partial charge in [0.1, 0.15) is 5.82 Å². The molecular formula is C17H17FN6O3S. The quantitative estimate of drug-likeness (QED) is 0.645. The van der Waals surface area contributed by atoms with Crippen LogP contribution in [-0.2, 0) is 10.0 Å². The number of hydrogen-bond donors (Lipinski definition) is 2. The molecule has 0 spiro atoms. The Labute approximate surface area is 160 Å². The van der Waals surface area contributed by atoms with Crippen molar-refractivity contribution in [3.8, 4) is 5.69 Å². The van der Waals surface area contributed by atoms with Crippen LogP contribution in [0.15, 0.2) is 47.4 Å². The average Bonchev–Trinajstić information content (AvgIpc) is 3.09. The average molecular weight is 404 g/mol. The van der Waals surface area contributed by atoms with Crippen LogP contribution in [0.2, 0.25) is 0 Å². The van der Waals surface area contributed by atoms with Crippen molar-refractivity contribution >= 4 is 21.6 Å². The van der Waals surface area contributed by atoms with Gasteiger partial charge in [-0.2, -0.15) is 4.68 Å². The van der Waals surface area contributed by atoms with Crippen LogP contribution in [0.25, 0.3) is 5.69 Å². The number of tetrazole rings is 1. The second-order valence-corrected chi connectivity index (χ2v) is 7.55. The van der Waals surface area contributed by atoms with Crippen molar-refractivity contribution in [2.24, 2.45) is 0 Å². The maximum absolute atomic E-state index is 14.2. The number of hydrogen-bond acceptors (Lipinski definition) is 6. The molecule has 0 aliphatic heterocycles. The molecule has 0 aliphatic rings. The minimum Gasteiger partial charge on any atom is -0.319 e. The fourth-order valence-corrected chi connectivity index (χ4v) is 3.57. The lowest BCUT2D eigenvalue weighted by molar-refractivity contribution is 0.102. The first-order valence-corrected chi connectivity index (χ1v) is 9.76. The van der Waals surface area contributed by atoms with E-state index in [1.807, 2.05) is 0 Å². The number of sulfonamides is 1. The summed E-state index contributed by atoms with van der Waals surface area (Å²) in [5, 5.41) is 13.5. The van der Waals surface area contributed by atoms with E-state index in [9.17, 15) is 17.6 Å². The van der Waals surface area contributed by atoms with Gasteiger partial charge in [0.15, 0.2) is 5.82 Å². The molecule has 11 heteroatoms. The summed E-state index contributed by atoms with van der Waals surface area (Å²) in [7, 11) is -3.72. The van der Waals surface area contributed by atoms with Crippen LogP contribution in [-0.4, -0.2) is 41.1 Å². The molecule has 0 fully saturated rings. The first kappa shape index (κ1) is 19.6. The molecule has 2 N–H and O–H groups in total. The minimum absolute atomic E-state index is 0.0551. The summed E-state index contributed by atoms with van der Waals surface area (Å²) in [6, 6.07) is 9.51. The van der Waals surface area contributed by atoms with Gasteiger partial charge >= 0.3 is 0 Å². The second kappa shape index (κ2) is 7.82. The first-order chi connectivity index (χ1) is 13.3. The molecular weight excluding hydrogens is 387 g/mol. The summed E-state index contributed by atoms with van der Waals surface area (Å²) in [4.78, 5) is 12.5. The van der Waals surface area contributed by atoms with Gasteiger partial charge in [-0.05, 0) is 53.7 Å². The van der Waals surface area contributed by atoms with E-state index in [1.54, 1.807) is 13.8 Å². The predicted octanol–water partition coefficient (Wildman–Crippen LogP) is 1.66. The highest BCUT2D eigenvalue weighted by molar-refractivity contribution is 7.89. The molecule has 1 amide bonds. The highest BCUT2D eigenvalue weighted by atomic mass is 32.2. The van der Waals surface area contributed by atoms with Gasteiger partial charge in [0.2, 0.25) is 10.0 Å². The van der Waals surface area contributed by atoms with Gasteiger partial charge in [-0.3, -0.25) is 4.79 Å². The topological polar surface area (TPSA) is 119 Å². The molecule has 3 rings (SSSR count). The lowest BCUT2D eigenvalue weighted by atomic mass is 10.2. The van der Waals surface area contributed by atoms with Crippen molar-refractivity contribution in [2.75, 3.05) is 11.9 Å². The van der Waals surface area contributed by atoms with E-state index >= 15 is 0 Å². The molecule has 0 aliphatic carbocycles. The molecule has 9 nitrogen and oxygen atoms in total. The van der Waals surface area contributed by atoms with Crippen molar-refractivity contribution in [1.29, 1.82) is 0 Å². The smallest absolute Gasteiger partial charge is 0.255 e. The van der Waals surface area contributed by atoms with E-state index in [0.29, 0.717) is 11.5 Å². The Morgan fingerprint density at radius 3 is 2.68 bits per heavy atom. The number of carbonyl (C=O) groups is 1. The Hall–Kier alpha value is -3.18. The zero-order valence-corrected chi connectivity index (χ0v) is 15.9. The third-order valence-corrected chi connectivity index (χ3v) is 5.35. The van der Waals surface area contributed by atoms with Crippen molar-refractivity contribution in [1.82, 2.24) is 24.9 Å². The summed E-state index contributed by atoms with van der Waals surface area (Å²) in [6.45, 7) is 3.54. The SMILES string of the molecule is CCNS(=O)(=O)c1cccc(C(=O)Nc2cc(-n3nnnc3C)ccc2F)c1. The number of halogens is 1. The number of carbonyl (C=O) groups excluding carboxylic acids is 1. The van der Waals surface area contributed by atoms with Gasteiger partial charge in [-0.25, -0.2) is 17.5 Å². The largest absolute Gasteiger partial charge is 0.319 e. The van der Waals surface area contributed by atoms with Gasteiger partial charge in [-0.15, -0.1) is 5.10 Å². The van der Waals surface area contributed by atoms with Gasteiger partial charge in [0.05, 0.1) is 16.3 Å². The molecule has 3 aromatic rings. The molecule has 1 heterocycles. The van der Waals surface area contributed by atoms with E-state index in [0.717, 1.165) is 0 Å². The Balaban J connectivity index is 1.89. The number of anilines is 1. The molecule has 2 aromatic carbocycles. The Kier molecular flexibility index (Phi) is 5.47.